The van der Waals surface area contributed by atoms with Gasteiger partial charge in [0.05, 0.1) is 5.92 Å². The third kappa shape index (κ3) is 3.50. The minimum absolute atomic E-state index is 0.0382. The number of nitrogens with one attached hydrogen (secondary N) is 1. The molecule has 1 saturated heterocycles. The quantitative estimate of drug-likeness (QED) is 0.905. The summed E-state index contributed by atoms with van der Waals surface area (Å²) in [5.41, 5.74) is 1.22. The fourth-order valence-electron chi connectivity index (χ4n) is 4.58. The van der Waals surface area contributed by atoms with Crippen LogP contribution in [0.3, 0.4) is 0 Å². The SMILES string of the molecule is O=C(NC1CCCN(C2CCCCC2)C1)C1CSc2ccccc21. The molecule has 1 N–H and O–H groups in total. The second kappa shape index (κ2) is 7.49. The van der Waals surface area contributed by atoms with Gasteiger partial charge in [-0.3, -0.25) is 9.69 Å². The first-order chi connectivity index (χ1) is 11.8. The van der Waals surface area contributed by atoms with Crippen LogP contribution in [0.15, 0.2) is 29.2 Å². The zero-order chi connectivity index (χ0) is 16.4. The average molecular weight is 345 g/mol. The van der Waals surface area contributed by atoms with E-state index in [0.717, 1.165) is 24.8 Å². The Balaban J connectivity index is 1.36. The van der Waals surface area contributed by atoms with Gasteiger partial charge in [-0.2, -0.15) is 0 Å². The van der Waals surface area contributed by atoms with Crippen LogP contribution < -0.4 is 5.32 Å². The first-order valence-corrected chi connectivity index (χ1v) is 10.6. The molecule has 1 amide bonds. The van der Waals surface area contributed by atoms with Gasteiger partial charge in [-0.05, 0) is 43.9 Å². The molecule has 1 aromatic rings. The molecule has 0 spiro atoms. The van der Waals surface area contributed by atoms with E-state index in [1.54, 1.807) is 0 Å². The highest BCUT2D eigenvalue weighted by atomic mass is 32.2. The number of rotatable bonds is 3. The van der Waals surface area contributed by atoms with Crippen molar-refractivity contribution in [2.45, 2.75) is 67.8 Å². The van der Waals surface area contributed by atoms with E-state index in [2.05, 4.69) is 34.5 Å². The van der Waals surface area contributed by atoms with Crippen molar-refractivity contribution < 1.29 is 4.79 Å². The third-order valence-corrected chi connectivity index (χ3v) is 7.09. The topological polar surface area (TPSA) is 32.3 Å². The maximum atomic E-state index is 12.8. The summed E-state index contributed by atoms with van der Waals surface area (Å²) in [6.07, 6.45) is 9.24. The number of hydrogen-bond acceptors (Lipinski definition) is 3. The Morgan fingerprint density at radius 1 is 1.08 bits per heavy atom. The maximum Gasteiger partial charge on any atom is 0.228 e. The van der Waals surface area contributed by atoms with Gasteiger partial charge in [-0.25, -0.2) is 0 Å². The highest BCUT2D eigenvalue weighted by Crippen LogP contribution is 2.39. The second-order valence-electron chi connectivity index (χ2n) is 7.54. The Labute approximate surface area is 149 Å². The van der Waals surface area contributed by atoms with E-state index < -0.39 is 0 Å². The van der Waals surface area contributed by atoms with Crippen molar-refractivity contribution >= 4 is 17.7 Å². The Morgan fingerprint density at radius 3 is 2.79 bits per heavy atom. The molecular formula is C20H28N2OS. The van der Waals surface area contributed by atoms with Gasteiger partial charge >= 0.3 is 0 Å². The molecule has 3 nitrogen and oxygen atoms in total. The number of carbonyl (C=O) groups is 1. The average Bonchev–Trinajstić information content (AvgIpc) is 3.07. The molecule has 24 heavy (non-hydrogen) atoms. The zero-order valence-corrected chi connectivity index (χ0v) is 15.2. The first kappa shape index (κ1) is 16.5. The number of carbonyl (C=O) groups excluding carboxylic acids is 1. The van der Waals surface area contributed by atoms with Gasteiger partial charge in [0.2, 0.25) is 5.91 Å². The van der Waals surface area contributed by atoms with Gasteiger partial charge in [0.25, 0.3) is 0 Å². The Kier molecular flexibility index (Phi) is 5.14. The molecule has 0 bridgehead atoms. The summed E-state index contributed by atoms with van der Waals surface area (Å²) >= 11 is 1.82. The van der Waals surface area contributed by atoms with Crippen molar-refractivity contribution in [3.05, 3.63) is 29.8 Å². The summed E-state index contributed by atoms with van der Waals surface area (Å²) in [7, 11) is 0. The molecule has 1 saturated carbocycles. The van der Waals surface area contributed by atoms with Crippen molar-refractivity contribution in [2.75, 3.05) is 18.8 Å². The lowest BCUT2D eigenvalue weighted by atomic mass is 9.92. The van der Waals surface area contributed by atoms with Gasteiger partial charge in [-0.15, -0.1) is 11.8 Å². The minimum Gasteiger partial charge on any atom is -0.352 e. The number of hydrogen-bond donors (Lipinski definition) is 1. The highest BCUT2D eigenvalue weighted by molar-refractivity contribution is 7.99. The van der Waals surface area contributed by atoms with E-state index in [1.165, 1.54) is 55.5 Å². The van der Waals surface area contributed by atoms with Gasteiger partial charge in [0, 0.05) is 29.3 Å². The molecule has 0 aromatic heterocycles. The van der Waals surface area contributed by atoms with Gasteiger partial charge in [0.15, 0.2) is 0 Å². The molecule has 130 valence electrons. The Morgan fingerprint density at radius 2 is 1.92 bits per heavy atom. The van der Waals surface area contributed by atoms with Gasteiger partial charge in [-0.1, -0.05) is 37.5 Å². The standard InChI is InChI=1S/C20H28N2OS/c23-20(18-14-24-19-11-5-4-10-17(18)19)21-15-7-6-12-22(13-15)16-8-2-1-3-9-16/h4-5,10-11,15-16,18H,1-3,6-9,12-14H2,(H,21,23). The van der Waals surface area contributed by atoms with Crippen molar-refractivity contribution in [3.63, 3.8) is 0 Å². The monoisotopic (exact) mass is 344 g/mol. The lowest BCUT2D eigenvalue weighted by Crippen LogP contribution is -2.52. The van der Waals surface area contributed by atoms with E-state index in [4.69, 9.17) is 0 Å². The van der Waals surface area contributed by atoms with Crippen molar-refractivity contribution in [1.82, 2.24) is 10.2 Å². The number of piperidine rings is 1. The molecule has 2 fully saturated rings. The molecule has 4 heteroatoms. The lowest BCUT2D eigenvalue weighted by Gasteiger charge is -2.40. The van der Waals surface area contributed by atoms with E-state index in [1.807, 2.05) is 11.8 Å². The maximum absolute atomic E-state index is 12.8. The fraction of sp³-hybridized carbons (Fsp3) is 0.650. The van der Waals surface area contributed by atoms with Crippen molar-refractivity contribution in [3.8, 4) is 0 Å². The molecule has 0 radical (unpaired) electrons. The zero-order valence-electron chi connectivity index (χ0n) is 14.4. The third-order valence-electron chi connectivity index (χ3n) is 5.91. The summed E-state index contributed by atoms with van der Waals surface area (Å²) in [5.74, 6) is 1.17. The van der Waals surface area contributed by atoms with Crippen LogP contribution in [0.25, 0.3) is 0 Å². The van der Waals surface area contributed by atoms with E-state index in [9.17, 15) is 4.79 Å². The normalized spacial score (nSPS) is 28.5. The summed E-state index contributed by atoms with van der Waals surface area (Å²) < 4.78 is 0. The van der Waals surface area contributed by atoms with E-state index >= 15 is 0 Å². The van der Waals surface area contributed by atoms with Crippen LogP contribution in [0.4, 0.5) is 0 Å². The lowest BCUT2D eigenvalue weighted by molar-refractivity contribution is -0.123. The molecule has 4 rings (SSSR count). The summed E-state index contributed by atoms with van der Waals surface area (Å²) in [6, 6.07) is 9.48. The van der Waals surface area contributed by atoms with Crippen LogP contribution in [-0.4, -0.2) is 41.7 Å². The van der Waals surface area contributed by atoms with Crippen molar-refractivity contribution in [2.24, 2.45) is 0 Å². The molecule has 1 aliphatic carbocycles. The number of thioether (sulfide) groups is 1. The minimum atomic E-state index is 0.0382. The summed E-state index contributed by atoms with van der Waals surface area (Å²) in [6.45, 7) is 2.27. The molecule has 2 unspecified atom stereocenters. The largest absolute Gasteiger partial charge is 0.352 e. The summed E-state index contributed by atoms with van der Waals surface area (Å²) in [5, 5.41) is 3.38. The van der Waals surface area contributed by atoms with Gasteiger partial charge in [0.1, 0.15) is 0 Å². The molecule has 1 aromatic carbocycles. The Hall–Kier alpha value is -1.00. The smallest absolute Gasteiger partial charge is 0.228 e. The van der Waals surface area contributed by atoms with Crippen LogP contribution in [0, 0.1) is 0 Å². The predicted octanol–water partition coefficient (Wildman–Crippen LogP) is 3.79. The molecular weight excluding hydrogens is 316 g/mol. The molecule has 2 atom stereocenters. The van der Waals surface area contributed by atoms with E-state index in [0.29, 0.717) is 6.04 Å². The number of amides is 1. The van der Waals surface area contributed by atoms with Crippen molar-refractivity contribution in [1.29, 1.82) is 0 Å². The number of likely N-dealkylation sites (tertiary alicyclic amines) is 1. The van der Waals surface area contributed by atoms with Crippen LogP contribution in [0.5, 0.6) is 0 Å². The highest BCUT2D eigenvalue weighted by Gasteiger charge is 2.32. The summed E-state index contributed by atoms with van der Waals surface area (Å²) in [4.78, 5) is 16.8. The van der Waals surface area contributed by atoms with Crippen LogP contribution in [0.2, 0.25) is 0 Å². The first-order valence-electron chi connectivity index (χ1n) is 9.57. The Bertz CT molecular complexity index is 585. The second-order valence-corrected chi connectivity index (χ2v) is 8.60. The van der Waals surface area contributed by atoms with Crippen LogP contribution in [-0.2, 0) is 4.79 Å². The molecule has 2 aliphatic heterocycles. The predicted molar refractivity (Wildman–Crippen MR) is 99.5 cm³/mol. The fourth-order valence-corrected chi connectivity index (χ4v) is 5.81. The number of fused-ring (bicyclic) bond motifs is 1. The van der Waals surface area contributed by atoms with Gasteiger partial charge < -0.3 is 5.32 Å². The van der Waals surface area contributed by atoms with E-state index in [-0.39, 0.29) is 11.8 Å². The molecule has 2 heterocycles. The molecule has 3 aliphatic rings. The number of benzene rings is 1. The van der Waals surface area contributed by atoms with Crippen LogP contribution >= 0.6 is 11.8 Å². The number of nitrogens with zero attached hydrogens (tertiary/aromatic N) is 1. The van der Waals surface area contributed by atoms with Crippen LogP contribution in [0.1, 0.15) is 56.4 Å².